The first-order valence-electron chi connectivity index (χ1n) is 4.73. The summed E-state index contributed by atoms with van der Waals surface area (Å²) >= 11 is 0. The zero-order valence-electron chi connectivity index (χ0n) is 8.01. The third kappa shape index (κ3) is 1.84. The number of aromatic nitrogens is 1. The molecule has 82 valence electrons. The molecule has 0 saturated heterocycles. The number of pyridine rings is 1. The number of nitrogens with zero attached hydrogens (tertiary/aromatic N) is 1. The zero-order valence-corrected chi connectivity index (χ0v) is 8.01. The van der Waals surface area contributed by atoms with Crippen molar-refractivity contribution >= 4 is 0 Å². The molecule has 2 nitrogen and oxygen atoms in total. The highest BCUT2D eigenvalue weighted by Gasteiger charge is 2.37. The van der Waals surface area contributed by atoms with Crippen LogP contribution in [-0.2, 0) is 11.7 Å². The van der Waals surface area contributed by atoms with Gasteiger partial charge in [-0.15, -0.1) is 0 Å². The first-order valence-corrected chi connectivity index (χ1v) is 4.73. The van der Waals surface area contributed by atoms with Gasteiger partial charge in [0.15, 0.2) is 0 Å². The lowest BCUT2D eigenvalue weighted by molar-refractivity contribution is -0.137. The normalized spacial score (nSPS) is 19.7. The van der Waals surface area contributed by atoms with Crippen LogP contribution in [0.3, 0.4) is 0 Å². The molecule has 0 aliphatic heterocycles. The molecule has 0 aromatic carbocycles. The molecule has 0 atom stereocenters. The van der Waals surface area contributed by atoms with Gasteiger partial charge in [0.1, 0.15) is 0 Å². The fraction of sp³-hybridized carbons (Fsp3) is 0.500. The second-order valence-corrected chi connectivity index (χ2v) is 3.97. The molecule has 2 rings (SSSR count). The lowest BCUT2D eigenvalue weighted by Gasteiger charge is -2.38. The monoisotopic (exact) mass is 216 g/mol. The van der Waals surface area contributed by atoms with E-state index >= 15 is 0 Å². The van der Waals surface area contributed by atoms with Crippen LogP contribution in [0.15, 0.2) is 18.5 Å². The van der Waals surface area contributed by atoms with Crippen LogP contribution in [0.5, 0.6) is 0 Å². The van der Waals surface area contributed by atoms with E-state index in [-0.39, 0.29) is 0 Å². The quantitative estimate of drug-likeness (QED) is 0.783. The molecule has 0 amide bonds. The van der Waals surface area contributed by atoms with Crippen LogP contribution in [0.25, 0.3) is 0 Å². The molecule has 1 aliphatic carbocycles. The summed E-state index contributed by atoms with van der Waals surface area (Å²) in [6, 6.07) is 1.10. The standard InChI is InChI=1S/C10H11F3N2/c11-10(12,13)8-4-7(5-15-6-8)9(14)2-1-3-9/h4-6H,1-3,14H2. The number of hydrogen-bond acceptors (Lipinski definition) is 2. The van der Waals surface area contributed by atoms with Crippen LogP contribution in [0.1, 0.15) is 30.4 Å². The highest BCUT2D eigenvalue weighted by atomic mass is 19.4. The summed E-state index contributed by atoms with van der Waals surface area (Å²) in [4.78, 5) is 3.60. The Balaban J connectivity index is 2.35. The Labute approximate surface area is 85.3 Å². The maximum Gasteiger partial charge on any atom is 0.417 e. The van der Waals surface area contributed by atoms with E-state index in [2.05, 4.69) is 4.98 Å². The van der Waals surface area contributed by atoms with E-state index in [0.717, 1.165) is 31.5 Å². The van der Waals surface area contributed by atoms with Crippen molar-refractivity contribution in [2.45, 2.75) is 31.0 Å². The number of rotatable bonds is 1. The molecule has 0 bridgehead atoms. The Kier molecular flexibility index (Phi) is 2.22. The van der Waals surface area contributed by atoms with E-state index in [1.165, 1.54) is 6.20 Å². The lowest BCUT2D eigenvalue weighted by atomic mass is 9.73. The molecule has 5 heteroatoms. The van der Waals surface area contributed by atoms with Crippen LogP contribution in [0.4, 0.5) is 13.2 Å². The second-order valence-electron chi connectivity index (χ2n) is 3.97. The van der Waals surface area contributed by atoms with Crippen molar-refractivity contribution in [2.24, 2.45) is 5.73 Å². The first kappa shape index (κ1) is 10.4. The molecule has 2 N–H and O–H groups in total. The van der Waals surface area contributed by atoms with Gasteiger partial charge in [-0.2, -0.15) is 13.2 Å². The molecule has 0 spiro atoms. The number of nitrogens with two attached hydrogens (primary N) is 1. The van der Waals surface area contributed by atoms with Gasteiger partial charge in [-0.05, 0) is 30.9 Å². The fourth-order valence-electron chi connectivity index (χ4n) is 1.71. The maximum atomic E-state index is 12.4. The molecule has 0 unspecified atom stereocenters. The van der Waals surface area contributed by atoms with Crippen LogP contribution in [-0.4, -0.2) is 4.98 Å². The van der Waals surface area contributed by atoms with Gasteiger partial charge in [0, 0.05) is 17.9 Å². The van der Waals surface area contributed by atoms with Crippen LogP contribution in [0, 0.1) is 0 Å². The van der Waals surface area contributed by atoms with Crippen LogP contribution < -0.4 is 5.73 Å². The Bertz CT molecular complexity index is 369. The summed E-state index contributed by atoms with van der Waals surface area (Å²) < 4.78 is 37.2. The lowest BCUT2D eigenvalue weighted by Crippen LogP contribution is -2.43. The smallest absolute Gasteiger partial charge is 0.321 e. The summed E-state index contributed by atoms with van der Waals surface area (Å²) in [7, 11) is 0. The molecule has 1 aromatic rings. The van der Waals surface area contributed by atoms with Crippen LogP contribution >= 0.6 is 0 Å². The predicted molar refractivity (Wildman–Crippen MR) is 49.0 cm³/mol. The van der Waals surface area contributed by atoms with Crippen molar-refractivity contribution in [2.75, 3.05) is 0 Å². The summed E-state index contributed by atoms with van der Waals surface area (Å²) in [5.74, 6) is 0. The molecule has 1 fully saturated rings. The summed E-state index contributed by atoms with van der Waals surface area (Å²) in [6.45, 7) is 0. The number of hydrogen-bond donors (Lipinski definition) is 1. The van der Waals surface area contributed by atoms with Crippen LogP contribution in [0.2, 0.25) is 0 Å². The molecule has 1 heterocycles. The van der Waals surface area contributed by atoms with Crippen molar-refractivity contribution in [1.29, 1.82) is 0 Å². The largest absolute Gasteiger partial charge is 0.417 e. The van der Waals surface area contributed by atoms with Gasteiger partial charge >= 0.3 is 6.18 Å². The summed E-state index contributed by atoms with van der Waals surface area (Å²) in [5, 5.41) is 0. The highest BCUT2D eigenvalue weighted by Crippen LogP contribution is 2.40. The molecule has 0 radical (unpaired) electrons. The minimum atomic E-state index is -4.34. The SMILES string of the molecule is NC1(c2cncc(C(F)(F)F)c2)CCC1. The Hall–Kier alpha value is -1.10. The molecular formula is C10H11F3N2. The highest BCUT2D eigenvalue weighted by molar-refractivity contribution is 5.28. The molecule has 1 saturated carbocycles. The zero-order chi connectivity index (χ0) is 11.1. The van der Waals surface area contributed by atoms with Gasteiger partial charge < -0.3 is 5.73 Å². The van der Waals surface area contributed by atoms with Gasteiger partial charge in [-0.3, -0.25) is 4.98 Å². The third-order valence-corrected chi connectivity index (χ3v) is 2.89. The van der Waals surface area contributed by atoms with E-state index < -0.39 is 17.3 Å². The third-order valence-electron chi connectivity index (χ3n) is 2.89. The van der Waals surface area contributed by atoms with Crippen molar-refractivity contribution in [1.82, 2.24) is 4.98 Å². The van der Waals surface area contributed by atoms with Gasteiger partial charge in [-0.25, -0.2) is 0 Å². The average Bonchev–Trinajstić information content (AvgIpc) is 2.13. The molecule has 1 aliphatic rings. The van der Waals surface area contributed by atoms with E-state index in [0.29, 0.717) is 5.56 Å². The predicted octanol–water partition coefficient (Wildman–Crippen LogP) is 2.44. The van der Waals surface area contributed by atoms with Crippen molar-refractivity contribution < 1.29 is 13.2 Å². The number of alkyl halides is 3. The van der Waals surface area contributed by atoms with E-state index in [4.69, 9.17) is 5.73 Å². The first-order chi connectivity index (χ1) is 6.92. The van der Waals surface area contributed by atoms with Gasteiger partial charge in [0.2, 0.25) is 0 Å². The van der Waals surface area contributed by atoms with Crippen molar-refractivity contribution in [3.8, 4) is 0 Å². The molecule has 15 heavy (non-hydrogen) atoms. The van der Waals surface area contributed by atoms with Gasteiger partial charge in [0.05, 0.1) is 5.56 Å². The minimum absolute atomic E-state index is 0.489. The maximum absolute atomic E-state index is 12.4. The second kappa shape index (κ2) is 3.20. The van der Waals surface area contributed by atoms with Crippen molar-refractivity contribution in [3.63, 3.8) is 0 Å². The van der Waals surface area contributed by atoms with E-state index in [1.807, 2.05) is 0 Å². The Morgan fingerprint density at radius 2 is 1.93 bits per heavy atom. The summed E-state index contributed by atoms with van der Waals surface area (Å²) in [5.41, 5.74) is 5.10. The molecular weight excluding hydrogens is 205 g/mol. The van der Waals surface area contributed by atoms with E-state index in [1.54, 1.807) is 0 Å². The van der Waals surface area contributed by atoms with Crippen molar-refractivity contribution in [3.05, 3.63) is 29.6 Å². The fourth-order valence-corrected chi connectivity index (χ4v) is 1.71. The minimum Gasteiger partial charge on any atom is -0.321 e. The number of halogens is 3. The Morgan fingerprint density at radius 1 is 1.27 bits per heavy atom. The average molecular weight is 216 g/mol. The Morgan fingerprint density at radius 3 is 2.40 bits per heavy atom. The van der Waals surface area contributed by atoms with Gasteiger partial charge in [-0.1, -0.05) is 0 Å². The van der Waals surface area contributed by atoms with E-state index in [9.17, 15) is 13.2 Å². The molecule has 1 aromatic heterocycles. The summed E-state index contributed by atoms with van der Waals surface area (Å²) in [6.07, 6.45) is 0.335. The van der Waals surface area contributed by atoms with Gasteiger partial charge in [0.25, 0.3) is 0 Å². The topological polar surface area (TPSA) is 38.9 Å².